The Balaban J connectivity index is 1.83. The summed E-state index contributed by atoms with van der Waals surface area (Å²) < 4.78 is 0. The van der Waals surface area contributed by atoms with E-state index in [0.29, 0.717) is 17.0 Å². The molecule has 1 unspecified atom stereocenters. The number of benzene rings is 1. The van der Waals surface area contributed by atoms with Gasteiger partial charge in [0.15, 0.2) is 0 Å². The highest BCUT2D eigenvalue weighted by Crippen LogP contribution is 2.24. The average molecular weight is 272 g/mol. The van der Waals surface area contributed by atoms with Gasteiger partial charge in [-0.2, -0.15) is 0 Å². The largest absolute Gasteiger partial charge is 0.339 e. The van der Waals surface area contributed by atoms with E-state index in [-0.39, 0.29) is 11.8 Å². The third-order valence-electron chi connectivity index (χ3n) is 3.03. The normalized spacial score (nSPS) is 18.2. The number of amides is 2. The maximum Gasteiger partial charge on any atom is 0.264 e. The summed E-state index contributed by atoms with van der Waals surface area (Å²) in [5.41, 5.74) is 1.62. The number of thiophene rings is 1. The molecule has 1 aromatic carbocycles. The van der Waals surface area contributed by atoms with Crippen LogP contribution < -0.4 is 10.6 Å². The molecule has 0 saturated heterocycles. The number of hydrogen-bond acceptors (Lipinski definition) is 3. The highest BCUT2D eigenvalue weighted by molar-refractivity contribution is 7.12. The van der Waals surface area contributed by atoms with E-state index in [1.165, 1.54) is 11.3 Å². The number of carbonyl (C=O) groups is 2. The average Bonchev–Trinajstić information content (AvgIpc) is 2.83. The smallest absolute Gasteiger partial charge is 0.264 e. The topological polar surface area (TPSA) is 58.2 Å². The van der Waals surface area contributed by atoms with Gasteiger partial charge in [0.1, 0.15) is 10.9 Å². The summed E-state index contributed by atoms with van der Waals surface area (Å²) in [5.74, 6) is -0.362. The van der Waals surface area contributed by atoms with E-state index in [1.54, 1.807) is 11.4 Å². The van der Waals surface area contributed by atoms with Crippen molar-refractivity contribution in [2.75, 3.05) is 5.32 Å². The second kappa shape index (κ2) is 4.85. The number of carbonyl (C=O) groups excluding carboxylic acids is 2. The molecule has 2 amide bonds. The van der Waals surface area contributed by atoms with Gasteiger partial charge in [-0.1, -0.05) is 30.3 Å². The van der Waals surface area contributed by atoms with Crippen molar-refractivity contribution in [1.82, 2.24) is 5.32 Å². The van der Waals surface area contributed by atoms with Crippen LogP contribution in [-0.2, 0) is 11.2 Å². The highest BCUT2D eigenvalue weighted by atomic mass is 32.1. The molecule has 0 radical (unpaired) electrons. The molecule has 2 aromatic rings. The van der Waals surface area contributed by atoms with Crippen LogP contribution in [0.3, 0.4) is 0 Å². The van der Waals surface area contributed by atoms with E-state index in [0.717, 1.165) is 5.56 Å². The van der Waals surface area contributed by atoms with Crippen molar-refractivity contribution in [1.29, 1.82) is 0 Å². The second-order valence-corrected chi connectivity index (χ2v) is 5.28. The molecule has 19 heavy (non-hydrogen) atoms. The Morgan fingerprint density at radius 3 is 2.68 bits per heavy atom. The number of nitrogens with one attached hydrogen (secondary N) is 2. The van der Waals surface area contributed by atoms with E-state index < -0.39 is 6.04 Å². The number of anilines is 1. The van der Waals surface area contributed by atoms with Gasteiger partial charge in [0, 0.05) is 6.42 Å². The molecule has 96 valence electrons. The fourth-order valence-electron chi connectivity index (χ4n) is 2.09. The molecule has 4 nitrogen and oxygen atoms in total. The van der Waals surface area contributed by atoms with Crippen molar-refractivity contribution >= 4 is 28.8 Å². The molecule has 3 rings (SSSR count). The zero-order chi connectivity index (χ0) is 13.2. The molecular weight excluding hydrogens is 260 g/mol. The van der Waals surface area contributed by atoms with E-state index in [9.17, 15) is 9.59 Å². The van der Waals surface area contributed by atoms with E-state index in [4.69, 9.17) is 0 Å². The van der Waals surface area contributed by atoms with Crippen LogP contribution in [-0.4, -0.2) is 17.9 Å². The standard InChI is InChI=1S/C14H12N2O2S/c17-13-11(8-9-4-2-1-3-5-9)16-14(18)12-10(15-13)6-7-19-12/h1-7,11H,8H2,(H,15,17)(H,16,18). The first-order valence-electron chi connectivity index (χ1n) is 5.97. The van der Waals surface area contributed by atoms with Gasteiger partial charge in [-0.25, -0.2) is 0 Å². The van der Waals surface area contributed by atoms with Crippen molar-refractivity contribution in [2.24, 2.45) is 0 Å². The molecule has 1 aromatic heterocycles. The summed E-state index contributed by atoms with van der Waals surface area (Å²) in [4.78, 5) is 24.7. The molecular formula is C14H12N2O2S. The Labute approximate surface area is 114 Å². The Morgan fingerprint density at radius 1 is 1.11 bits per heavy atom. The van der Waals surface area contributed by atoms with Crippen LogP contribution in [0.25, 0.3) is 0 Å². The van der Waals surface area contributed by atoms with Gasteiger partial charge in [-0.15, -0.1) is 11.3 Å². The molecule has 5 heteroatoms. The lowest BCUT2D eigenvalue weighted by molar-refractivity contribution is -0.117. The third kappa shape index (κ3) is 2.37. The Kier molecular flexibility index (Phi) is 3.05. The maximum atomic E-state index is 12.1. The van der Waals surface area contributed by atoms with Crippen LogP contribution in [0.5, 0.6) is 0 Å². The van der Waals surface area contributed by atoms with Gasteiger partial charge in [0.2, 0.25) is 5.91 Å². The Hall–Kier alpha value is -2.14. The zero-order valence-electron chi connectivity index (χ0n) is 10.1. The minimum absolute atomic E-state index is 0.172. The van der Waals surface area contributed by atoms with Crippen LogP contribution in [0.15, 0.2) is 41.8 Å². The minimum atomic E-state index is -0.533. The summed E-state index contributed by atoms with van der Waals surface area (Å²) in [6.07, 6.45) is 0.493. The van der Waals surface area contributed by atoms with E-state index in [2.05, 4.69) is 10.6 Å². The monoisotopic (exact) mass is 272 g/mol. The lowest BCUT2D eigenvalue weighted by Crippen LogP contribution is -2.42. The van der Waals surface area contributed by atoms with Crippen LogP contribution in [0, 0.1) is 0 Å². The van der Waals surface area contributed by atoms with E-state index in [1.807, 2.05) is 30.3 Å². The van der Waals surface area contributed by atoms with Crippen LogP contribution >= 0.6 is 11.3 Å². The van der Waals surface area contributed by atoms with Gasteiger partial charge in [-0.05, 0) is 17.0 Å². The van der Waals surface area contributed by atoms with Crippen molar-refractivity contribution < 1.29 is 9.59 Å². The molecule has 2 heterocycles. The van der Waals surface area contributed by atoms with Gasteiger partial charge >= 0.3 is 0 Å². The molecule has 1 aliphatic heterocycles. The van der Waals surface area contributed by atoms with Crippen molar-refractivity contribution in [3.8, 4) is 0 Å². The molecule has 0 bridgehead atoms. The summed E-state index contributed by atoms with van der Waals surface area (Å²) in [6, 6.07) is 10.9. The Bertz CT molecular complexity index is 621. The molecule has 1 atom stereocenters. The number of hydrogen-bond donors (Lipinski definition) is 2. The maximum absolute atomic E-state index is 12.1. The molecule has 0 spiro atoms. The van der Waals surface area contributed by atoms with Crippen LogP contribution in [0.2, 0.25) is 0 Å². The molecule has 0 aliphatic carbocycles. The minimum Gasteiger partial charge on any atom is -0.339 e. The lowest BCUT2D eigenvalue weighted by atomic mass is 10.1. The van der Waals surface area contributed by atoms with Crippen molar-refractivity contribution in [3.63, 3.8) is 0 Å². The third-order valence-corrected chi connectivity index (χ3v) is 3.95. The van der Waals surface area contributed by atoms with Crippen molar-refractivity contribution in [3.05, 3.63) is 52.2 Å². The first kappa shape index (κ1) is 11.9. The van der Waals surface area contributed by atoms with Crippen LogP contribution in [0.1, 0.15) is 15.2 Å². The van der Waals surface area contributed by atoms with E-state index >= 15 is 0 Å². The molecule has 0 fully saturated rings. The molecule has 0 saturated carbocycles. The van der Waals surface area contributed by atoms with Crippen LogP contribution in [0.4, 0.5) is 5.69 Å². The SMILES string of the molecule is O=C1NC(Cc2ccccc2)C(=O)Nc2ccsc21. The highest BCUT2D eigenvalue weighted by Gasteiger charge is 2.28. The molecule has 2 N–H and O–H groups in total. The fourth-order valence-corrected chi connectivity index (χ4v) is 2.84. The summed E-state index contributed by atoms with van der Waals surface area (Å²) in [5, 5.41) is 7.36. The first-order chi connectivity index (χ1) is 9.24. The Morgan fingerprint density at radius 2 is 1.89 bits per heavy atom. The first-order valence-corrected chi connectivity index (χ1v) is 6.85. The van der Waals surface area contributed by atoms with Gasteiger partial charge in [-0.3, -0.25) is 9.59 Å². The quantitative estimate of drug-likeness (QED) is 0.879. The van der Waals surface area contributed by atoms with Crippen molar-refractivity contribution in [2.45, 2.75) is 12.5 Å². The predicted octanol–water partition coefficient (Wildman–Crippen LogP) is 2.04. The summed E-state index contributed by atoms with van der Waals surface area (Å²) >= 11 is 1.33. The van der Waals surface area contributed by atoms with Gasteiger partial charge < -0.3 is 10.6 Å². The lowest BCUT2D eigenvalue weighted by Gasteiger charge is -2.14. The second-order valence-electron chi connectivity index (χ2n) is 4.37. The number of rotatable bonds is 2. The summed E-state index contributed by atoms with van der Waals surface area (Å²) in [7, 11) is 0. The molecule has 1 aliphatic rings. The predicted molar refractivity (Wildman–Crippen MR) is 74.3 cm³/mol. The van der Waals surface area contributed by atoms with Gasteiger partial charge in [0.25, 0.3) is 5.91 Å². The summed E-state index contributed by atoms with van der Waals surface area (Å²) in [6.45, 7) is 0. The zero-order valence-corrected chi connectivity index (χ0v) is 10.9. The van der Waals surface area contributed by atoms with Gasteiger partial charge in [0.05, 0.1) is 5.69 Å². The number of fused-ring (bicyclic) bond motifs is 1. The fraction of sp³-hybridized carbons (Fsp3) is 0.143.